The first kappa shape index (κ1) is 19.7. The van der Waals surface area contributed by atoms with Crippen molar-refractivity contribution in [2.45, 2.75) is 19.9 Å². The highest BCUT2D eigenvalue weighted by molar-refractivity contribution is 7.15. The maximum absolute atomic E-state index is 13.7. The van der Waals surface area contributed by atoms with Crippen LogP contribution in [0.3, 0.4) is 0 Å². The molecule has 2 aromatic heterocycles. The summed E-state index contributed by atoms with van der Waals surface area (Å²) in [6, 6.07) is 11.5. The van der Waals surface area contributed by atoms with Crippen LogP contribution in [0.25, 0.3) is 10.8 Å². The number of carbonyl (C=O) groups excluding carboxylic acids is 1. The van der Waals surface area contributed by atoms with Crippen LogP contribution in [-0.4, -0.2) is 20.7 Å². The second kappa shape index (κ2) is 8.03. The van der Waals surface area contributed by atoms with Crippen LogP contribution in [-0.2, 0) is 17.8 Å². The number of anilines is 1. The van der Waals surface area contributed by atoms with Crippen LogP contribution in [0.4, 0.5) is 9.52 Å². The lowest BCUT2D eigenvalue weighted by Crippen LogP contribution is -2.34. The maximum Gasteiger partial charge on any atom is 0.273 e. The Morgan fingerprint density at radius 2 is 1.97 bits per heavy atom. The summed E-state index contributed by atoms with van der Waals surface area (Å²) in [4.78, 5) is 42.0. The van der Waals surface area contributed by atoms with Crippen molar-refractivity contribution in [2.24, 2.45) is 0 Å². The van der Waals surface area contributed by atoms with Gasteiger partial charge in [-0.25, -0.2) is 14.1 Å². The number of nitrogens with zero attached hydrogens (tertiary/aromatic N) is 2. The summed E-state index contributed by atoms with van der Waals surface area (Å²) in [5.74, 6) is -0.759. The molecule has 9 heteroatoms. The number of aryl methyl sites for hydroxylation is 1. The lowest BCUT2D eigenvalue weighted by atomic mass is 10.1. The van der Waals surface area contributed by atoms with Gasteiger partial charge in [0.1, 0.15) is 12.4 Å². The minimum absolute atomic E-state index is 0.246. The number of hydrogen-bond acceptors (Lipinski definition) is 5. The van der Waals surface area contributed by atoms with Gasteiger partial charge in [-0.05, 0) is 36.2 Å². The fourth-order valence-corrected chi connectivity index (χ4v) is 3.92. The third kappa shape index (κ3) is 4.06. The maximum atomic E-state index is 13.7. The van der Waals surface area contributed by atoms with Crippen LogP contribution in [0.5, 0.6) is 0 Å². The molecule has 4 rings (SSSR count). The van der Waals surface area contributed by atoms with Gasteiger partial charge in [0.25, 0.3) is 11.1 Å². The predicted octanol–water partition coefficient (Wildman–Crippen LogP) is 2.82. The van der Waals surface area contributed by atoms with Gasteiger partial charge in [0, 0.05) is 17.5 Å². The zero-order valence-corrected chi connectivity index (χ0v) is 16.8. The fourth-order valence-electron chi connectivity index (χ4n) is 3.05. The molecular weight excluding hydrogens is 407 g/mol. The van der Waals surface area contributed by atoms with E-state index in [9.17, 15) is 18.8 Å². The normalized spacial score (nSPS) is 11.0. The summed E-state index contributed by atoms with van der Waals surface area (Å²) < 4.78 is 14.7. The minimum Gasteiger partial charge on any atom is -0.300 e. The first-order chi connectivity index (χ1) is 14.4. The molecule has 0 saturated heterocycles. The Kier molecular flexibility index (Phi) is 5.28. The number of nitrogens with one attached hydrogen (secondary N) is 2. The van der Waals surface area contributed by atoms with Crippen LogP contribution in [0, 0.1) is 12.7 Å². The van der Waals surface area contributed by atoms with E-state index < -0.39 is 17.0 Å². The number of fused-ring (bicyclic) bond motifs is 1. The quantitative estimate of drug-likeness (QED) is 0.515. The lowest BCUT2D eigenvalue weighted by Gasteiger charge is -2.06. The molecule has 0 aliphatic heterocycles. The van der Waals surface area contributed by atoms with E-state index in [1.807, 2.05) is 6.07 Å². The van der Waals surface area contributed by atoms with Gasteiger partial charge in [-0.2, -0.15) is 0 Å². The molecule has 30 heavy (non-hydrogen) atoms. The van der Waals surface area contributed by atoms with Crippen LogP contribution < -0.4 is 16.4 Å². The number of halogens is 1. The molecule has 1 amide bonds. The largest absolute Gasteiger partial charge is 0.300 e. The van der Waals surface area contributed by atoms with E-state index in [0.29, 0.717) is 17.1 Å². The van der Waals surface area contributed by atoms with Gasteiger partial charge in [-0.15, -0.1) is 11.3 Å². The molecule has 0 unspecified atom stereocenters. The van der Waals surface area contributed by atoms with Gasteiger partial charge in [0.2, 0.25) is 5.91 Å². The molecule has 7 nitrogen and oxygen atoms in total. The van der Waals surface area contributed by atoms with Gasteiger partial charge >= 0.3 is 0 Å². The van der Waals surface area contributed by atoms with Crippen molar-refractivity contribution in [3.05, 3.63) is 91.2 Å². The van der Waals surface area contributed by atoms with E-state index in [2.05, 4.69) is 15.4 Å². The van der Waals surface area contributed by atoms with E-state index in [1.54, 1.807) is 43.5 Å². The molecule has 4 aromatic rings. The number of amides is 1. The molecule has 0 fully saturated rings. The average Bonchev–Trinajstić information content (AvgIpc) is 3.15. The Morgan fingerprint density at radius 3 is 2.73 bits per heavy atom. The predicted molar refractivity (Wildman–Crippen MR) is 114 cm³/mol. The van der Waals surface area contributed by atoms with Gasteiger partial charge in [0.05, 0.1) is 10.8 Å². The van der Waals surface area contributed by atoms with Gasteiger partial charge in [-0.3, -0.25) is 19.5 Å². The van der Waals surface area contributed by atoms with Crippen LogP contribution >= 0.6 is 11.3 Å². The van der Waals surface area contributed by atoms with Crippen LogP contribution in [0.1, 0.15) is 16.0 Å². The van der Waals surface area contributed by atoms with Crippen LogP contribution in [0.2, 0.25) is 0 Å². The zero-order valence-electron chi connectivity index (χ0n) is 15.9. The fraction of sp³-hybridized carbons (Fsp3) is 0.143. The van der Waals surface area contributed by atoms with E-state index in [1.165, 1.54) is 17.4 Å². The summed E-state index contributed by atoms with van der Waals surface area (Å²) in [6.45, 7) is 1.35. The van der Waals surface area contributed by atoms with E-state index in [-0.39, 0.29) is 23.1 Å². The number of aromatic amines is 1. The Hall–Kier alpha value is -3.59. The van der Waals surface area contributed by atoms with Crippen molar-refractivity contribution in [3.8, 4) is 0 Å². The molecule has 0 atom stereocenters. The van der Waals surface area contributed by atoms with Gasteiger partial charge in [0.15, 0.2) is 5.13 Å². The molecule has 152 valence electrons. The topological polar surface area (TPSA) is 96.8 Å². The monoisotopic (exact) mass is 424 g/mol. The average molecular weight is 424 g/mol. The molecule has 2 heterocycles. The SMILES string of the molecule is Cc1ccc(Cc2cnc(NC(=O)Cn3[nH]c(=O)c4ccccc4c3=O)s2)cc1F. The summed E-state index contributed by atoms with van der Waals surface area (Å²) in [5, 5.41) is 5.92. The summed E-state index contributed by atoms with van der Waals surface area (Å²) in [6.07, 6.45) is 2.10. The number of benzene rings is 2. The molecule has 0 saturated carbocycles. The highest BCUT2D eigenvalue weighted by Crippen LogP contribution is 2.22. The number of rotatable bonds is 5. The van der Waals surface area contributed by atoms with Crippen molar-refractivity contribution in [1.82, 2.24) is 14.8 Å². The number of hydrogen-bond donors (Lipinski definition) is 2. The smallest absolute Gasteiger partial charge is 0.273 e. The summed E-state index contributed by atoms with van der Waals surface area (Å²) in [7, 11) is 0. The van der Waals surface area contributed by atoms with Crippen molar-refractivity contribution < 1.29 is 9.18 Å². The summed E-state index contributed by atoms with van der Waals surface area (Å²) >= 11 is 1.26. The number of thiazole rings is 1. The lowest BCUT2D eigenvalue weighted by molar-refractivity contribution is -0.117. The molecule has 2 N–H and O–H groups in total. The Balaban J connectivity index is 1.47. The molecule has 0 aliphatic carbocycles. The zero-order chi connectivity index (χ0) is 21.3. The Bertz CT molecular complexity index is 1370. The van der Waals surface area contributed by atoms with E-state index >= 15 is 0 Å². The first-order valence-corrected chi connectivity index (χ1v) is 9.94. The molecule has 0 bridgehead atoms. The van der Waals surface area contributed by atoms with Crippen molar-refractivity contribution >= 4 is 33.1 Å². The number of aromatic nitrogens is 3. The molecular formula is C21H17FN4O3S. The molecule has 2 aromatic carbocycles. The van der Waals surface area contributed by atoms with Crippen molar-refractivity contribution in [2.75, 3.05) is 5.32 Å². The number of carbonyl (C=O) groups is 1. The highest BCUT2D eigenvalue weighted by atomic mass is 32.1. The number of H-pyrrole nitrogens is 1. The third-order valence-corrected chi connectivity index (χ3v) is 5.51. The third-order valence-electron chi connectivity index (χ3n) is 4.60. The molecule has 0 spiro atoms. The minimum atomic E-state index is -0.495. The second-order valence-electron chi connectivity index (χ2n) is 6.82. The van der Waals surface area contributed by atoms with E-state index in [0.717, 1.165) is 15.1 Å². The van der Waals surface area contributed by atoms with Crippen molar-refractivity contribution in [3.63, 3.8) is 0 Å². The highest BCUT2D eigenvalue weighted by Gasteiger charge is 2.12. The first-order valence-electron chi connectivity index (χ1n) is 9.12. The van der Waals surface area contributed by atoms with E-state index in [4.69, 9.17) is 0 Å². The Morgan fingerprint density at radius 1 is 1.20 bits per heavy atom. The van der Waals surface area contributed by atoms with Gasteiger partial charge in [-0.1, -0.05) is 24.3 Å². The second-order valence-corrected chi connectivity index (χ2v) is 7.93. The van der Waals surface area contributed by atoms with Crippen LogP contribution in [0.15, 0.2) is 58.3 Å². The summed E-state index contributed by atoms with van der Waals surface area (Å²) in [5.41, 5.74) is 0.485. The van der Waals surface area contributed by atoms with Gasteiger partial charge < -0.3 is 5.32 Å². The molecule has 0 radical (unpaired) electrons. The van der Waals surface area contributed by atoms with Crippen molar-refractivity contribution in [1.29, 1.82) is 0 Å². The molecule has 0 aliphatic rings. The Labute approximate surface area is 173 Å². The standard InChI is InChI=1S/C21H17FN4O3S/c1-12-6-7-13(9-17(12)22)8-14-10-23-21(30-14)24-18(27)11-26-20(29)16-5-3-2-4-15(16)19(28)25-26/h2-7,9-10H,8,11H2,1H3,(H,25,28)(H,23,24,27).